The van der Waals surface area contributed by atoms with E-state index in [9.17, 15) is 4.79 Å². The first-order valence-corrected chi connectivity index (χ1v) is 3.47. The molecular weight excluding hydrogens is 166 g/mol. The summed E-state index contributed by atoms with van der Waals surface area (Å²) in [6, 6.07) is 1.61. The van der Waals surface area contributed by atoms with Gasteiger partial charge >= 0.3 is 0 Å². The summed E-state index contributed by atoms with van der Waals surface area (Å²) in [5.74, 6) is 0.378. The number of hydrogen-bond donors (Lipinski definition) is 0. The SMILES string of the molecule is O=C1COc2c1ccnc2Cl. The lowest BCUT2D eigenvalue weighted by Crippen LogP contribution is -1.98. The Morgan fingerprint density at radius 3 is 3.18 bits per heavy atom. The van der Waals surface area contributed by atoms with Gasteiger partial charge in [0.25, 0.3) is 0 Å². The number of carbonyl (C=O) groups is 1. The molecular formula is C7H4ClNO2. The zero-order valence-corrected chi connectivity index (χ0v) is 6.26. The number of ketones is 1. The van der Waals surface area contributed by atoms with E-state index in [2.05, 4.69) is 4.98 Å². The van der Waals surface area contributed by atoms with Gasteiger partial charge in [-0.05, 0) is 6.07 Å². The third-order valence-electron chi connectivity index (χ3n) is 1.51. The standard InChI is InChI=1S/C7H4ClNO2/c8-7-6-4(1-2-9-7)5(10)3-11-6/h1-2H,3H2. The molecule has 56 valence electrons. The topological polar surface area (TPSA) is 39.2 Å². The minimum atomic E-state index is -0.0377. The first kappa shape index (κ1) is 6.61. The zero-order chi connectivity index (χ0) is 7.84. The molecule has 0 bridgehead atoms. The Kier molecular flexibility index (Phi) is 1.32. The van der Waals surface area contributed by atoms with Crippen LogP contribution in [0.3, 0.4) is 0 Å². The maximum atomic E-state index is 11.0. The van der Waals surface area contributed by atoms with Gasteiger partial charge in [0.2, 0.25) is 5.78 Å². The van der Waals surface area contributed by atoms with Crippen molar-refractivity contribution in [3.05, 3.63) is 23.0 Å². The van der Waals surface area contributed by atoms with Crippen LogP contribution in [0.2, 0.25) is 5.15 Å². The van der Waals surface area contributed by atoms with Gasteiger partial charge in [-0.2, -0.15) is 0 Å². The van der Waals surface area contributed by atoms with Crippen LogP contribution in [0, 0.1) is 0 Å². The fraction of sp³-hybridized carbons (Fsp3) is 0.143. The van der Waals surface area contributed by atoms with E-state index in [4.69, 9.17) is 16.3 Å². The van der Waals surface area contributed by atoms with Gasteiger partial charge in [0.15, 0.2) is 17.5 Å². The van der Waals surface area contributed by atoms with Gasteiger partial charge in [0.1, 0.15) is 0 Å². The Morgan fingerprint density at radius 1 is 1.64 bits per heavy atom. The number of ether oxygens (including phenoxy) is 1. The van der Waals surface area contributed by atoms with E-state index < -0.39 is 0 Å². The number of rotatable bonds is 0. The van der Waals surface area contributed by atoms with E-state index in [1.165, 1.54) is 6.20 Å². The lowest BCUT2D eigenvalue weighted by molar-refractivity contribution is 0.0961. The number of pyridine rings is 1. The van der Waals surface area contributed by atoms with E-state index in [0.717, 1.165) is 0 Å². The van der Waals surface area contributed by atoms with Crippen molar-refractivity contribution in [3.63, 3.8) is 0 Å². The van der Waals surface area contributed by atoms with Gasteiger partial charge in [0.05, 0.1) is 5.56 Å². The summed E-state index contributed by atoms with van der Waals surface area (Å²) in [6.07, 6.45) is 1.49. The lowest BCUT2D eigenvalue weighted by atomic mass is 10.2. The minimum absolute atomic E-state index is 0.0377. The molecule has 0 saturated carbocycles. The molecule has 1 aromatic heterocycles. The molecule has 1 aliphatic rings. The van der Waals surface area contributed by atoms with Gasteiger partial charge in [-0.25, -0.2) is 4.98 Å². The molecule has 4 heteroatoms. The highest BCUT2D eigenvalue weighted by atomic mass is 35.5. The third kappa shape index (κ3) is 0.886. The van der Waals surface area contributed by atoms with Crippen LogP contribution in [0.15, 0.2) is 12.3 Å². The summed E-state index contributed by atoms with van der Waals surface area (Å²) in [5, 5.41) is 0.258. The zero-order valence-electron chi connectivity index (χ0n) is 5.50. The molecule has 1 aliphatic heterocycles. The van der Waals surface area contributed by atoms with Crippen molar-refractivity contribution in [1.29, 1.82) is 0 Å². The predicted octanol–water partition coefficient (Wildman–Crippen LogP) is 1.31. The molecule has 0 saturated heterocycles. The molecule has 0 aliphatic carbocycles. The monoisotopic (exact) mass is 169 g/mol. The summed E-state index contributed by atoms with van der Waals surface area (Å²) >= 11 is 5.65. The first-order valence-electron chi connectivity index (χ1n) is 3.09. The van der Waals surface area contributed by atoms with Crippen molar-refractivity contribution in [3.8, 4) is 5.75 Å². The normalized spacial score (nSPS) is 14.5. The average Bonchev–Trinajstić information content (AvgIpc) is 2.35. The van der Waals surface area contributed by atoms with Crippen LogP contribution in [0.25, 0.3) is 0 Å². The highest BCUT2D eigenvalue weighted by Gasteiger charge is 2.23. The number of Topliss-reactive ketones (excluding diaryl/α,β-unsaturated/α-hetero) is 1. The quantitative estimate of drug-likeness (QED) is 0.550. The molecule has 11 heavy (non-hydrogen) atoms. The highest BCUT2D eigenvalue weighted by molar-refractivity contribution is 6.31. The average molecular weight is 170 g/mol. The van der Waals surface area contributed by atoms with Crippen molar-refractivity contribution in [2.75, 3.05) is 6.61 Å². The van der Waals surface area contributed by atoms with Gasteiger partial charge in [-0.1, -0.05) is 11.6 Å². The second-order valence-corrected chi connectivity index (χ2v) is 2.55. The van der Waals surface area contributed by atoms with Crippen LogP contribution < -0.4 is 4.74 Å². The Hall–Kier alpha value is -1.09. The first-order chi connectivity index (χ1) is 5.29. The predicted molar refractivity (Wildman–Crippen MR) is 39.1 cm³/mol. The molecule has 0 amide bonds. The molecule has 0 spiro atoms. The van der Waals surface area contributed by atoms with Crippen LogP contribution in [0.5, 0.6) is 5.75 Å². The molecule has 3 nitrogen and oxygen atoms in total. The van der Waals surface area contributed by atoms with Crippen molar-refractivity contribution in [2.45, 2.75) is 0 Å². The van der Waals surface area contributed by atoms with Gasteiger partial charge in [-0.15, -0.1) is 0 Å². The van der Waals surface area contributed by atoms with Crippen LogP contribution in [-0.4, -0.2) is 17.4 Å². The van der Waals surface area contributed by atoms with Crippen molar-refractivity contribution in [2.24, 2.45) is 0 Å². The summed E-state index contributed by atoms with van der Waals surface area (Å²) < 4.78 is 5.00. The summed E-state index contributed by atoms with van der Waals surface area (Å²) in [6.45, 7) is 0.0841. The molecule has 2 heterocycles. The lowest BCUT2D eigenvalue weighted by Gasteiger charge is -1.96. The van der Waals surface area contributed by atoms with Crippen molar-refractivity contribution < 1.29 is 9.53 Å². The van der Waals surface area contributed by atoms with Crippen LogP contribution >= 0.6 is 11.6 Å². The number of nitrogens with zero attached hydrogens (tertiary/aromatic N) is 1. The van der Waals surface area contributed by atoms with E-state index in [-0.39, 0.29) is 17.5 Å². The minimum Gasteiger partial charge on any atom is -0.481 e. The second kappa shape index (κ2) is 2.20. The van der Waals surface area contributed by atoms with Gasteiger partial charge < -0.3 is 4.74 Å². The fourth-order valence-corrected chi connectivity index (χ4v) is 1.21. The van der Waals surface area contributed by atoms with E-state index in [0.29, 0.717) is 11.3 Å². The summed E-state index contributed by atoms with van der Waals surface area (Å²) in [5.41, 5.74) is 0.532. The van der Waals surface area contributed by atoms with Gasteiger partial charge in [0, 0.05) is 6.20 Å². The Balaban J connectivity index is 2.66. The summed E-state index contributed by atoms with van der Waals surface area (Å²) in [4.78, 5) is 14.8. The van der Waals surface area contributed by atoms with E-state index in [1.54, 1.807) is 6.07 Å². The van der Waals surface area contributed by atoms with Crippen LogP contribution in [0.4, 0.5) is 0 Å². The molecule has 0 aromatic carbocycles. The van der Waals surface area contributed by atoms with E-state index in [1.807, 2.05) is 0 Å². The Morgan fingerprint density at radius 2 is 2.45 bits per heavy atom. The Bertz CT molecular complexity index is 324. The fourth-order valence-electron chi connectivity index (χ4n) is 0.995. The molecule has 1 aromatic rings. The maximum absolute atomic E-state index is 11.0. The van der Waals surface area contributed by atoms with Crippen molar-refractivity contribution >= 4 is 17.4 Å². The molecule has 0 N–H and O–H groups in total. The second-order valence-electron chi connectivity index (χ2n) is 2.19. The maximum Gasteiger partial charge on any atom is 0.204 e. The van der Waals surface area contributed by atoms with E-state index >= 15 is 0 Å². The third-order valence-corrected chi connectivity index (χ3v) is 1.78. The van der Waals surface area contributed by atoms with Crippen LogP contribution in [0.1, 0.15) is 10.4 Å². The number of carbonyl (C=O) groups excluding carboxylic acids is 1. The molecule has 0 unspecified atom stereocenters. The number of aromatic nitrogens is 1. The van der Waals surface area contributed by atoms with Crippen LogP contribution in [-0.2, 0) is 0 Å². The molecule has 0 radical (unpaired) electrons. The number of fused-ring (bicyclic) bond motifs is 1. The van der Waals surface area contributed by atoms with Gasteiger partial charge in [-0.3, -0.25) is 4.79 Å². The smallest absolute Gasteiger partial charge is 0.204 e. The number of halogens is 1. The Labute approximate surface area is 68.0 Å². The molecule has 0 fully saturated rings. The highest BCUT2D eigenvalue weighted by Crippen LogP contribution is 2.30. The molecule has 0 atom stereocenters. The number of hydrogen-bond acceptors (Lipinski definition) is 3. The van der Waals surface area contributed by atoms with Crippen molar-refractivity contribution in [1.82, 2.24) is 4.98 Å². The summed E-state index contributed by atoms with van der Waals surface area (Å²) in [7, 11) is 0. The molecule has 2 rings (SSSR count). The largest absolute Gasteiger partial charge is 0.481 e.